The monoisotopic (exact) mass is 161 g/mol. The second kappa shape index (κ2) is 3.90. The number of hydrogen-bond acceptors (Lipinski definition) is 3. The Morgan fingerprint density at radius 1 is 1.22 bits per heavy atom. The van der Waals surface area contributed by atoms with Gasteiger partial charge in [0.2, 0.25) is 0 Å². The van der Waals surface area contributed by atoms with Crippen LogP contribution in [-0.2, 0) is 18.5 Å². The van der Waals surface area contributed by atoms with Gasteiger partial charge in [-0.2, -0.15) is 0 Å². The summed E-state index contributed by atoms with van der Waals surface area (Å²) >= 11 is 0. The van der Waals surface area contributed by atoms with Crippen LogP contribution in [-0.4, -0.2) is 13.7 Å². The van der Waals surface area contributed by atoms with Gasteiger partial charge in [0, 0.05) is 0 Å². The van der Waals surface area contributed by atoms with Crippen LogP contribution in [0.5, 0.6) is 0 Å². The van der Waals surface area contributed by atoms with E-state index in [4.69, 9.17) is 0 Å². The Balaban J connectivity index is 3.58. The zero-order valence-electron chi connectivity index (χ0n) is 4.25. The first-order valence-electron chi connectivity index (χ1n) is 1.84. The highest BCUT2D eigenvalue weighted by molar-refractivity contribution is 7.47. The molecular formula is C2H4F2O4P. The highest BCUT2D eigenvalue weighted by Crippen LogP contribution is 2.44. The van der Waals surface area contributed by atoms with E-state index in [1.165, 1.54) is 0 Å². The van der Waals surface area contributed by atoms with Crippen LogP contribution in [0, 0.1) is 0 Å². The molecule has 0 aliphatic carbocycles. The number of hydrogen-bond donors (Lipinski definition) is 0. The van der Waals surface area contributed by atoms with E-state index in [-0.39, 0.29) is 0 Å². The molecule has 0 saturated carbocycles. The number of alkyl halides is 2. The van der Waals surface area contributed by atoms with E-state index in [2.05, 4.69) is 9.05 Å². The van der Waals surface area contributed by atoms with Crippen molar-refractivity contribution in [3.63, 3.8) is 0 Å². The molecule has 0 aromatic rings. The molecule has 0 heterocycles. The summed E-state index contributed by atoms with van der Waals surface area (Å²) < 4.78 is 38.6. The molecule has 0 unspecified atom stereocenters. The number of halogens is 2. The van der Waals surface area contributed by atoms with E-state index in [1.54, 1.807) is 0 Å². The van der Waals surface area contributed by atoms with Gasteiger partial charge in [0.15, 0.2) is 13.7 Å². The highest BCUT2D eigenvalue weighted by atomic mass is 31.2. The van der Waals surface area contributed by atoms with Crippen LogP contribution < -0.4 is 0 Å². The summed E-state index contributed by atoms with van der Waals surface area (Å²) in [6, 6.07) is 0. The van der Waals surface area contributed by atoms with Crippen molar-refractivity contribution in [3.05, 3.63) is 0 Å². The van der Waals surface area contributed by atoms with Crippen molar-refractivity contribution in [2.75, 3.05) is 13.7 Å². The van der Waals surface area contributed by atoms with Crippen LogP contribution >= 0.6 is 7.82 Å². The Bertz CT molecular complexity index is 107. The second-order valence-electron chi connectivity index (χ2n) is 0.924. The summed E-state index contributed by atoms with van der Waals surface area (Å²) in [6.45, 7) is -3.08. The average molecular weight is 161 g/mol. The van der Waals surface area contributed by atoms with E-state index in [1.807, 2.05) is 0 Å². The first kappa shape index (κ1) is 8.97. The quantitative estimate of drug-likeness (QED) is 0.585. The smallest absolute Gasteiger partial charge is 0.253 e. The molecule has 0 aromatic heterocycles. The maximum absolute atomic E-state index is 11.0. The zero-order valence-corrected chi connectivity index (χ0v) is 5.14. The van der Waals surface area contributed by atoms with Gasteiger partial charge in [0.25, 0.3) is 0 Å². The minimum absolute atomic E-state index is 1.54. The van der Waals surface area contributed by atoms with Gasteiger partial charge in [0.1, 0.15) is 0 Å². The lowest BCUT2D eigenvalue weighted by atomic mass is 11.6. The lowest BCUT2D eigenvalue weighted by Crippen LogP contribution is -1.90. The van der Waals surface area contributed by atoms with Crippen LogP contribution in [0.2, 0.25) is 0 Å². The van der Waals surface area contributed by atoms with Crippen LogP contribution in [0.25, 0.3) is 0 Å². The minimum Gasteiger partial charge on any atom is -0.253 e. The molecule has 4 nitrogen and oxygen atoms in total. The van der Waals surface area contributed by atoms with E-state index in [0.29, 0.717) is 0 Å². The molecule has 0 amide bonds. The molecule has 0 N–H and O–H groups in total. The number of rotatable bonds is 4. The van der Waals surface area contributed by atoms with E-state index >= 15 is 0 Å². The Hall–Kier alpha value is -0.0300. The summed E-state index contributed by atoms with van der Waals surface area (Å²) in [5, 5.41) is 0. The van der Waals surface area contributed by atoms with Crippen molar-refractivity contribution in [3.8, 4) is 0 Å². The van der Waals surface area contributed by atoms with Crippen molar-refractivity contribution >= 4 is 7.82 Å². The molecule has 7 heteroatoms. The predicted molar refractivity (Wildman–Crippen MR) is 22.4 cm³/mol. The largest absolute Gasteiger partial charge is 0.507 e. The van der Waals surface area contributed by atoms with E-state index in [0.717, 1.165) is 0 Å². The van der Waals surface area contributed by atoms with Crippen LogP contribution in [0.1, 0.15) is 0 Å². The molecule has 9 heavy (non-hydrogen) atoms. The molecule has 0 atom stereocenters. The molecule has 0 spiro atoms. The summed E-state index contributed by atoms with van der Waals surface area (Å²) in [6.07, 6.45) is 0. The van der Waals surface area contributed by atoms with Gasteiger partial charge in [-0.3, -0.25) is 9.05 Å². The zero-order chi connectivity index (χ0) is 7.33. The summed E-state index contributed by atoms with van der Waals surface area (Å²) in [4.78, 5) is 9.93. The fourth-order valence-corrected chi connectivity index (χ4v) is 0.470. The molecule has 0 rings (SSSR count). The van der Waals surface area contributed by atoms with Gasteiger partial charge in [-0.25, -0.2) is 13.3 Å². The topological polar surface area (TPSA) is 55.4 Å². The van der Waals surface area contributed by atoms with Crippen molar-refractivity contribution < 1.29 is 27.3 Å². The fraction of sp³-hybridized carbons (Fsp3) is 1.00. The summed E-state index contributed by atoms with van der Waals surface area (Å²) in [5.41, 5.74) is 0. The van der Waals surface area contributed by atoms with Crippen LogP contribution in [0.15, 0.2) is 0 Å². The van der Waals surface area contributed by atoms with E-state index in [9.17, 15) is 18.2 Å². The first-order valence-corrected chi connectivity index (χ1v) is 3.30. The van der Waals surface area contributed by atoms with Crippen molar-refractivity contribution in [2.45, 2.75) is 0 Å². The molecule has 1 radical (unpaired) electrons. The molecular weight excluding hydrogens is 157 g/mol. The predicted octanol–water partition coefficient (Wildman–Crippen LogP) is 1.41. The van der Waals surface area contributed by atoms with Gasteiger partial charge >= 0.3 is 7.82 Å². The molecule has 0 fully saturated rings. The molecule has 0 aliphatic rings. The average Bonchev–Trinajstić information content (AvgIpc) is 1.64. The second-order valence-corrected chi connectivity index (χ2v) is 2.33. The Kier molecular flexibility index (Phi) is 3.88. The highest BCUT2D eigenvalue weighted by Gasteiger charge is 2.22. The third-order valence-corrected chi connectivity index (χ3v) is 1.24. The Morgan fingerprint density at radius 3 is 1.78 bits per heavy atom. The van der Waals surface area contributed by atoms with E-state index < -0.39 is 21.5 Å². The molecule has 0 aliphatic heterocycles. The van der Waals surface area contributed by atoms with Gasteiger partial charge in [0.05, 0.1) is 0 Å². The van der Waals surface area contributed by atoms with Gasteiger partial charge in [-0.1, -0.05) is 0 Å². The Labute approximate surface area is 50.0 Å². The summed E-state index contributed by atoms with van der Waals surface area (Å²) in [7, 11) is -4.69. The molecule has 55 valence electrons. The normalized spacial score (nSPS) is 11.9. The maximum Gasteiger partial charge on any atom is 0.507 e. The SMILES string of the molecule is [O]P(=O)(OCF)OCF. The third-order valence-electron chi connectivity index (χ3n) is 0.414. The Morgan fingerprint density at radius 2 is 1.56 bits per heavy atom. The fourth-order valence-electron chi connectivity index (χ4n) is 0.157. The van der Waals surface area contributed by atoms with Crippen LogP contribution in [0.4, 0.5) is 8.78 Å². The third kappa shape index (κ3) is 4.47. The first-order chi connectivity index (χ1) is 4.12. The lowest BCUT2D eigenvalue weighted by molar-refractivity contribution is 0.0632. The van der Waals surface area contributed by atoms with Crippen molar-refractivity contribution in [1.82, 2.24) is 0 Å². The summed E-state index contributed by atoms with van der Waals surface area (Å²) in [5.74, 6) is 0. The van der Waals surface area contributed by atoms with Crippen molar-refractivity contribution in [2.24, 2.45) is 0 Å². The van der Waals surface area contributed by atoms with Gasteiger partial charge in [-0.05, 0) is 0 Å². The maximum atomic E-state index is 11.0. The van der Waals surface area contributed by atoms with Crippen molar-refractivity contribution in [1.29, 1.82) is 0 Å². The molecule has 0 aromatic carbocycles. The minimum atomic E-state index is -4.69. The molecule has 0 bridgehead atoms. The lowest BCUT2D eigenvalue weighted by Gasteiger charge is -2.02. The molecule has 0 saturated heterocycles. The van der Waals surface area contributed by atoms with Gasteiger partial charge < -0.3 is 0 Å². The van der Waals surface area contributed by atoms with Crippen LogP contribution in [0.3, 0.4) is 0 Å². The van der Waals surface area contributed by atoms with Gasteiger partial charge in [-0.15, -0.1) is 4.89 Å². The standard InChI is InChI=1S/C2H4F2O4P/c3-1-7-9(5,6)8-2-4/h1-2H2.